The van der Waals surface area contributed by atoms with Gasteiger partial charge in [-0.3, -0.25) is 14.3 Å². The number of primary amides is 1. The average Bonchev–Trinajstić information content (AvgIpc) is 3.50. The van der Waals surface area contributed by atoms with Crippen LogP contribution in [-0.2, 0) is 41.9 Å². The third-order valence-electron chi connectivity index (χ3n) is 7.24. The number of carbonyl (C=O) groups excluding carboxylic acids is 1. The first-order valence-electron chi connectivity index (χ1n) is 12.6. The van der Waals surface area contributed by atoms with Crippen LogP contribution in [-0.4, -0.2) is 77.2 Å². The summed E-state index contributed by atoms with van der Waals surface area (Å²) in [6.45, 7) is -8.08. The van der Waals surface area contributed by atoms with Crippen LogP contribution < -0.4 is 11.5 Å². The van der Waals surface area contributed by atoms with Gasteiger partial charge in [0.05, 0.1) is 32.3 Å². The Balaban J connectivity index is 1.20. The van der Waals surface area contributed by atoms with E-state index in [0.717, 1.165) is 5.56 Å². The number of amides is 1. The third-order valence-corrected chi connectivity index (χ3v) is 9.63. The monoisotopic (exact) mass is 663 g/mol. The summed E-state index contributed by atoms with van der Waals surface area (Å²) >= 11 is 9.74. The van der Waals surface area contributed by atoms with Gasteiger partial charge in [0.1, 0.15) is 23.7 Å². The van der Waals surface area contributed by atoms with Gasteiger partial charge in [-0.25, -0.2) is 19.3 Å². The normalized spacial score (nSPS) is 27.5. The van der Waals surface area contributed by atoms with Gasteiger partial charge >= 0.3 is 13.4 Å². The van der Waals surface area contributed by atoms with Gasteiger partial charge in [-0.2, -0.15) is 0 Å². The molecule has 0 radical (unpaired) electrons. The first-order valence-corrected chi connectivity index (χ1v) is 17.8. The highest BCUT2D eigenvalue weighted by molar-refractivity contribution is 8.07. The molecular weight excluding hydrogens is 635 g/mol. The molecule has 1 amide bonds. The highest BCUT2D eigenvalue weighted by Gasteiger charge is 2.44. The van der Waals surface area contributed by atoms with E-state index < -0.39 is 37.8 Å². The fourth-order valence-corrected chi connectivity index (χ4v) is 6.87. The molecule has 3 aromatic heterocycles. The van der Waals surface area contributed by atoms with Crippen molar-refractivity contribution in [2.24, 2.45) is 17.6 Å². The van der Waals surface area contributed by atoms with E-state index in [2.05, 4.69) is 31.7 Å². The van der Waals surface area contributed by atoms with Crippen LogP contribution in [0.5, 0.6) is 0 Å². The van der Waals surface area contributed by atoms with Crippen LogP contribution in [0.4, 0.5) is 10.2 Å². The Kier molecular flexibility index (Phi) is 9.33. The van der Waals surface area contributed by atoms with Gasteiger partial charge in [-0.1, -0.05) is 0 Å². The van der Waals surface area contributed by atoms with Crippen molar-refractivity contribution in [3.8, 4) is 0 Å². The number of carbonyl (C=O) groups is 1. The number of fused-ring (bicyclic) bond motifs is 1. The molecule has 0 aromatic carbocycles. The molecule has 42 heavy (non-hydrogen) atoms. The molecule has 0 bridgehead atoms. The van der Waals surface area contributed by atoms with Crippen molar-refractivity contribution in [2.45, 2.75) is 37.3 Å². The second kappa shape index (κ2) is 12.5. The van der Waals surface area contributed by atoms with Gasteiger partial charge < -0.3 is 44.5 Å². The lowest BCUT2D eigenvalue weighted by molar-refractivity contribution is -0.0351. The molecule has 1 unspecified atom stereocenters. The molecule has 1 saturated carbocycles. The Labute approximate surface area is 248 Å². The van der Waals surface area contributed by atoms with Crippen molar-refractivity contribution in [2.75, 3.05) is 25.6 Å². The number of nitrogens with zero attached hydrogens (tertiary/aromatic N) is 5. The molecule has 0 spiro atoms. The third kappa shape index (κ3) is 7.17. The van der Waals surface area contributed by atoms with Crippen molar-refractivity contribution in [3.05, 3.63) is 42.2 Å². The second-order valence-corrected chi connectivity index (χ2v) is 15.4. The summed E-state index contributed by atoms with van der Waals surface area (Å²) in [4.78, 5) is 57.4. The van der Waals surface area contributed by atoms with Crippen LogP contribution in [0.25, 0.3) is 11.2 Å². The number of halogens is 1. The first-order chi connectivity index (χ1) is 19.8. The topological polar surface area (TPSA) is 223 Å². The van der Waals surface area contributed by atoms with Gasteiger partial charge in [0.15, 0.2) is 17.7 Å². The summed E-state index contributed by atoms with van der Waals surface area (Å²) in [6.07, 6.45) is 1.34. The zero-order chi connectivity index (χ0) is 30.2. The predicted octanol–water partition coefficient (Wildman–Crippen LogP) is 1.42. The van der Waals surface area contributed by atoms with Gasteiger partial charge in [-0.05, 0) is 65.5 Å². The Morgan fingerprint density at radius 3 is 2.62 bits per heavy atom. The lowest BCUT2D eigenvalue weighted by atomic mass is 9.63. The Morgan fingerprint density at radius 2 is 1.88 bits per heavy atom. The number of hydrogen-bond acceptors (Lipinski definition) is 12. The van der Waals surface area contributed by atoms with E-state index in [-0.39, 0.29) is 55.5 Å². The zero-order valence-corrected chi connectivity index (χ0v) is 25.2. The Bertz CT molecular complexity index is 1560. The molecule has 20 heteroatoms. The van der Waals surface area contributed by atoms with Gasteiger partial charge in [0.2, 0.25) is 0 Å². The molecule has 3 aromatic rings. The van der Waals surface area contributed by atoms with Crippen LogP contribution in [0, 0.1) is 11.8 Å². The summed E-state index contributed by atoms with van der Waals surface area (Å²) < 4.78 is 38.4. The number of imidazole rings is 1. The van der Waals surface area contributed by atoms with Crippen molar-refractivity contribution < 1.29 is 42.2 Å². The maximum absolute atomic E-state index is 14.9. The standard InChI is InChI=1S/C22H28FN7O8P2S2/c23-16-5-13(38-22(16)30-10-29-18-19(24)27-9-28-21(18)30)7-36-40(34,42)37-8-15-12(6-35-39(32,33)41)3-14(15)11-1-2-26-17(4-11)20(25)31/h1-2,4,9-10,12-16,22H,3,5-8H2,(H2,25,31)(H,34,42)(H2,24,27,28)(H2,32,33,41)/t12-,13+,14+,15-,16-,22-,40?/m1/s1. The molecule has 1 aliphatic carbocycles. The van der Waals surface area contributed by atoms with E-state index in [9.17, 15) is 23.9 Å². The molecule has 7 N–H and O–H groups in total. The minimum atomic E-state index is -3.89. The van der Waals surface area contributed by atoms with Gasteiger partial charge in [-0.15, -0.1) is 0 Å². The van der Waals surface area contributed by atoms with E-state index in [0.29, 0.717) is 17.6 Å². The minimum Gasteiger partial charge on any atom is -0.382 e. The van der Waals surface area contributed by atoms with Crippen LogP contribution in [0.15, 0.2) is 31.0 Å². The van der Waals surface area contributed by atoms with Crippen molar-refractivity contribution >= 4 is 59.9 Å². The summed E-state index contributed by atoms with van der Waals surface area (Å²) in [5, 5.41) is 0. The highest BCUT2D eigenvalue weighted by atomic mass is 32.5. The maximum Gasteiger partial charge on any atom is 0.324 e. The van der Waals surface area contributed by atoms with E-state index in [1.54, 1.807) is 12.1 Å². The number of anilines is 1. The number of aromatic nitrogens is 5. The minimum absolute atomic E-state index is 0.0388. The predicted molar refractivity (Wildman–Crippen MR) is 153 cm³/mol. The fourth-order valence-electron chi connectivity index (χ4n) is 5.14. The molecule has 5 rings (SSSR count). The number of hydrogen-bond donors (Lipinski definition) is 5. The quantitative estimate of drug-likeness (QED) is 0.173. The van der Waals surface area contributed by atoms with E-state index in [1.807, 2.05) is 0 Å². The summed E-state index contributed by atoms with van der Waals surface area (Å²) in [7, 11) is 0. The van der Waals surface area contributed by atoms with Crippen molar-refractivity contribution in [3.63, 3.8) is 0 Å². The fraction of sp³-hybridized carbons (Fsp3) is 0.500. The van der Waals surface area contributed by atoms with Crippen LogP contribution in [0.2, 0.25) is 0 Å². The maximum atomic E-state index is 14.9. The molecule has 7 atom stereocenters. The lowest BCUT2D eigenvalue weighted by Gasteiger charge is -2.45. The SMILES string of the molecule is NC(=O)c1cc([C@@H]2C[C@H](COP(O)(O)=S)[C@H]2COP(O)(=S)OC[C@@H]2C[C@@H](F)[C@H](n3cnc4c(N)ncnc43)O2)ccn1. The van der Waals surface area contributed by atoms with Gasteiger partial charge in [0, 0.05) is 12.6 Å². The lowest BCUT2D eigenvalue weighted by Crippen LogP contribution is -2.40. The number of pyridine rings is 1. The van der Waals surface area contributed by atoms with Crippen LogP contribution >= 0.6 is 13.4 Å². The summed E-state index contributed by atoms with van der Waals surface area (Å²) in [6, 6.07) is 3.29. The highest BCUT2D eigenvalue weighted by Crippen LogP contribution is 2.53. The van der Waals surface area contributed by atoms with Crippen molar-refractivity contribution in [1.82, 2.24) is 24.5 Å². The molecule has 2 fully saturated rings. The smallest absolute Gasteiger partial charge is 0.324 e. The largest absolute Gasteiger partial charge is 0.382 e. The first kappa shape index (κ1) is 31.3. The summed E-state index contributed by atoms with van der Waals surface area (Å²) in [5.74, 6) is -1.25. The van der Waals surface area contributed by atoms with E-state index >= 15 is 0 Å². The molecule has 1 saturated heterocycles. The molecule has 15 nitrogen and oxygen atoms in total. The number of nitrogen functional groups attached to an aromatic ring is 1. The molecular formula is C22H28FN7O8P2S2. The zero-order valence-electron chi connectivity index (χ0n) is 21.7. The molecule has 2 aliphatic rings. The number of rotatable bonds is 12. The summed E-state index contributed by atoms with van der Waals surface area (Å²) in [5.41, 5.74) is 12.6. The Morgan fingerprint density at radius 1 is 1.12 bits per heavy atom. The van der Waals surface area contributed by atoms with E-state index in [1.165, 1.54) is 23.4 Å². The molecule has 228 valence electrons. The molecule has 1 aliphatic heterocycles. The van der Waals surface area contributed by atoms with Crippen molar-refractivity contribution in [1.29, 1.82) is 0 Å². The van der Waals surface area contributed by atoms with E-state index in [4.69, 9.17) is 41.6 Å². The second-order valence-electron chi connectivity index (χ2n) is 9.93. The molecule has 4 heterocycles. The Hall–Kier alpha value is -2.08. The number of nitrogens with two attached hydrogens (primary N) is 2. The van der Waals surface area contributed by atoms with Gasteiger partial charge in [0.25, 0.3) is 5.91 Å². The number of alkyl halides is 1. The average molecular weight is 664 g/mol. The van der Waals surface area contributed by atoms with Crippen LogP contribution in [0.3, 0.4) is 0 Å². The number of ether oxygens (including phenoxy) is 1. The van der Waals surface area contributed by atoms with Crippen LogP contribution in [0.1, 0.15) is 41.0 Å².